The van der Waals surface area contributed by atoms with E-state index in [4.69, 9.17) is 5.11 Å². The number of nitro benzene ring substituents is 1. The molecule has 2 rings (SSSR count). The molecule has 124 valence electrons. The molecule has 1 aliphatic rings. The molecule has 1 N–H and O–H groups in total. The minimum Gasteiger partial charge on any atom is -0.465 e. The summed E-state index contributed by atoms with van der Waals surface area (Å²) in [6.45, 7) is -0.359. The number of alkyl halides is 3. The SMILES string of the molecule is O=C(O)N1CC=C(c2c([N+](=O)[O-])ccc(F)c2C(F)(F)F)CC1. The molecule has 1 heterocycles. The Morgan fingerprint density at radius 1 is 1.35 bits per heavy atom. The summed E-state index contributed by atoms with van der Waals surface area (Å²) in [5, 5.41) is 19.8. The molecule has 0 aliphatic carbocycles. The lowest BCUT2D eigenvalue weighted by molar-refractivity contribution is -0.385. The fraction of sp³-hybridized carbons (Fsp3) is 0.308. The summed E-state index contributed by atoms with van der Waals surface area (Å²) < 4.78 is 53.0. The van der Waals surface area contributed by atoms with Crippen molar-refractivity contribution in [1.29, 1.82) is 0 Å². The third-order valence-corrected chi connectivity index (χ3v) is 3.41. The first-order valence-corrected chi connectivity index (χ1v) is 6.34. The number of nitrogens with zero attached hydrogens (tertiary/aromatic N) is 2. The topological polar surface area (TPSA) is 83.7 Å². The van der Waals surface area contributed by atoms with E-state index >= 15 is 0 Å². The molecule has 1 amide bonds. The normalized spacial score (nSPS) is 15.3. The van der Waals surface area contributed by atoms with Crippen molar-refractivity contribution in [2.75, 3.05) is 13.1 Å². The molecule has 1 aliphatic heterocycles. The number of hydrogen-bond acceptors (Lipinski definition) is 3. The van der Waals surface area contributed by atoms with Gasteiger partial charge in [-0.15, -0.1) is 0 Å². The molecular formula is C13H10F4N2O4. The zero-order chi connectivity index (χ0) is 17.4. The number of halogens is 4. The van der Waals surface area contributed by atoms with Crippen LogP contribution in [0.4, 0.5) is 28.0 Å². The number of carboxylic acid groups (broad SMARTS) is 1. The maximum atomic E-state index is 13.7. The first-order valence-electron chi connectivity index (χ1n) is 6.34. The maximum absolute atomic E-state index is 13.7. The van der Waals surface area contributed by atoms with E-state index in [0.717, 1.165) is 11.0 Å². The summed E-state index contributed by atoms with van der Waals surface area (Å²) in [4.78, 5) is 21.7. The Hall–Kier alpha value is -2.65. The summed E-state index contributed by atoms with van der Waals surface area (Å²) in [7, 11) is 0. The predicted octanol–water partition coefficient (Wildman–Crippen LogP) is 3.52. The fourth-order valence-corrected chi connectivity index (χ4v) is 2.39. The van der Waals surface area contributed by atoms with Gasteiger partial charge in [-0.3, -0.25) is 10.1 Å². The highest BCUT2D eigenvalue weighted by Crippen LogP contribution is 2.42. The molecule has 0 spiro atoms. The van der Waals surface area contributed by atoms with Crippen molar-refractivity contribution in [2.24, 2.45) is 0 Å². The molecule has 0 fully saturated rings. The van der Waals surface area contributed by atoms with Crippen LogP contribution in [0.3, 0.4) is 0 Å². The number of amides is 1. The van der Waals surface area contributed by atoms with Crippen LogP contribution in [0.2, 0.25) is 0 Å². The van der Waals surface area contributed by atoms with Crippen LogP contribution in [0.25, 0.3) is 5.57 Å². The van der Waals surface area contributed by atoms with Gasteiger partial charge in [0.05, 0.1) is 10.5 Å². The number of benzene rings is 1. The smallest absolute Gasteiger partial charge is 0.420 e. The van der Waals surface area contributed by atoms with E-state index in [1.807, 2.05) is 0 Å². The Morgan fingerprint density at radius 3 is 2.43 bits per heavy atom. The zero-order valence-corrected chi connectivity index (χ0v) is 11.4. The molecule has 0 bridgehead atoms. The summed E-state index contributed by atoms with van der Waals surface area (Å²) in [5.41, 5.74) is -3.51. The summed E-state index contributed by atoms with van der Waals surface area (Å²) in [6.07, 6.45) is -5.42. The second-order valence-corrected chi connectivity index (χ2v) is 4.78. The fourth-order valence-electron chi connectivity index (χ4n) is 2.39. The van der Waals surface area contributed by atoms with Crippen LogP contribution in [0, 0.1) is 15.9 Å². The molecule has 0 aromatic heterocycles. The van der Waals surface area contributed by atoms with E-state index in [9.17, 15) is 32.5 Å². The Morgan fingerprint density at radius 2 is 2.00 bits per heavy atom. The second kappa shape index (κ2) is 5.86. The summed E-state index contributed by atoms with van der Waals surface area (Å²) in [5.74, 6) is -1.61. The molecular weight excluding hydrogens is 324 g/mol. The Kier molecular flexibility index (Phi) is 4.26. The van der Waals surface area contributed by atoms with E-state index < -0.39 is 39.8 Å². The largest absolute Gasteiger partial charge is 0.465 e. The quantitative estimate of drug-likeness (QED) is 0.509. The number of hydrogen-bond donors (Lipinski definition) is 1. The van der Waals surface area contributed by atoms with Crippen molar-refractivity contribution in [1.82, 2.24) is 4.90 Å². The van der Waals surface area contributed by atoms with Gasteiger partial charge in [-0.25, -0.2) is 9.18 Å². The summed E-state index contributed by atoms with van der Waals surface area (Å²) >= 11 is 0. The molecule has 23 heavy (non-hydrogen) atoms. The number of carbonyl (C=O) groups is 1. The number of nitro groups is 1. The first-order chi connectivity index (χ1) is 10.6. The maximum Gasteiger partial charge on any atom is 0.420 e. The van der Waals surface area contributed by atoms with Crippen molar-refractivity contribution >= 4 is 17.4 Å². The van der Waals surface area contributed by atoms with Gasteiger partial charge in [0.25, 0.3) is 5.69 Å². The molecule has 0 atom stereocenters. The molecule has 1 aromatic carbocycles. The van der Waals surface area contributed by atoms with Gasteiger partial charge < -0.3 is 10.0 Å². The van der Waals surface area contributed by atoms with Gasteiger partial charge in [-0.2, -0.15) is 13.2 Å². The van der Waals surface area contributed by atoms with E-state index in [2.05, 4.69) is 0 Å². The molecule has 0 radical (unpaired) electrons. The van der Waals surface area contributed by atoms with E-state index in [1.54, 1.807) is 0 Å². The monoisotopic (exact) mass is 334 g/mol. The zero-order valence-electron chi connectivity index (χ0n) is 11.4. The molecule has 10 heteroatoms. The van der Waals surface area contributed by atoms with E-state index in [1.165, 1.54) is 0 Å². The van der Waals surface area contributed by atoms with Crippen molar-refractivity contribution in [2.45, 2.75) is 12.6 Å². The van der Waals surface area contributed by atoms with Gasteiger partial charge in [-0.05, 0) is 18.1 Å². The van der Waals surface area contributed by atoms with Crippen molar-refractivity contribution in [3.63, 3.8) is 0 Å². The van der Waals surface area contributed by atoms with Crippen molar-refractivity contribution in [3.05, 3.63) is 45.3 Å². The van der Waals surface area contributed by atoms with Gasteiger partial charge in [0.1, 0.15) is 11.4 Å². The van der Waals surface area contributed by atoms with Crippen LogP contribution in [0.5, 0.6) is 0 Å². The van der Waals surface area contributed by atoms with Gasteiger partial charge >= 0.3 is 12.3 Å². The van der Waals surface area contributed by atoms with Gasteiger partial charge in [0.2, 0.25) is 0 Å². The molecule has 1 aromatic rings. The van der Waals surface area contributed by atoms with Crippen LogP contribution in [0.1, 0.15) is 17.5 Å². The lowest BCUT2D eigenvalue weighted by Crippen LogP contribution is -2.33. The number of rotatable bonds is 2. The standard InChI is InChI=1S/C13H10F4N2O4/c14-8-1-2-9(19(22)23)10(11(8)13(15,16)17)7-3-5-18(6-4-7)12(20)21/h1-3H,4-6H2,(H,20,21). The molecule has 0 unspecified atom stereocenters. The van der Waals surface area contributed by atoms with Gasteiger partial charge in [0, 0.05) is 19.2 Å². The van der Waals surface area contributed by atoms with Crippen LogP contribution >= 0.6 is 0 Å². The minimum atomic E-state index is -5.11. The van der Waals surface area contributed by atoms with E-state index in [0.29, 0.717) is 12.1 Å². The average molecular weight is 334 g/mol. The molecule has 0 saturated heterocycles. The Labute approximate surface area is 126 Å². The van der Waals surface area contributed by atoms with Crippen LogP contribution < -0.4 is 0 Å². The van der Waals surface area contributed by atoms with Gasteiger partial charge in [0.15, 0.2) is 0 Å². The van der Waals surface area contributed by atoms with Crippen molar-refractivity contribution in [3.8, 4) is 0 Å². The Balaban J connectivity index is 2.63. The lowest BCUT2D eigenvalue weighted by Gasteiger charge is -2.25. The van der Waals surface area contributed by atoms with Crippen molar-refractivity contribution < 1.29 is 32.4 Å². The highest BCUT2D eigenvalue weighted by Gasteiger charge is 2.41. The van der Waals surface area contributed by atoms with Crippen LogP contribution in [-0.4, -0.2) is 34.1 Å². The lowest BCUT2D eigenvalue weighted by atomic mass is 9.92. The van der Waals surface area contributed by atoms with E-state index in [-0.39, 0.29) is 25.1 Å². The molecule has 0 saturated carbocycles. The average Bonchev–Trinajstić information content (AvgIpc) is 2.45. The summed E-state index contributed by atoms with van der Waals surface area (Å²) in [6, 6.07) is 1.07. The van der Waals surface area contributed by atoms with Crippen LogP contribution in [-0.2, 0) is 6.18 Å². The third kappa shape index (κ3) is 3.25. The minimum absolute atomic E-state index is 0.0963. The van der Waals surface area contributed by atoms with Crippen LogP contribution in [0.15, 0.2) is 18.2 Å². The predicted molar refractivity (Wildman–Crippen MR) is 70.2 cm³/mol. The van der Waals surface area contributed by atoms with Gasteiger partial charge in [-0.1, -0.05) is 6.08 Å². The highest BCUT2D eigenvalue weighted by molar-refractivity contribution is 5.78. The highest BCUT2D eigenvalue weighted by atomic mass is 19.4. The molecule has 6 nitrogen and oxygen atoms in total. The first kappa shape index (κ1) is 16.7. The third-order valence-electron chi connectivity index (χ3n) is 3.41. The Bertz CT molecular complexity index is 700. The second-order valence-electron chi connectivity index (χ2n) is 4.78.